The van der Waals surface area contributed by atoms with Gasteiger partial charge in [0.05, 0.1) is 12.3 Å². The molecule has 1 fully saturated rings. The lowest BCUT2D eigenvalue weighted by molar-refractivity contribution is 0.102. The molecule has 3 aromatic rings. The van der Waals surface area contributed by atoms with Crippen LogP contribution in [0.2, 0.25) is 5.02 Å². The molecule has 1 saturated carbocycles. The first-order chi connectivity index (χ1) is 15.6. The second-order valence-electron chi connectivity index (χ2n) is 8.18. The van der Waals surface area contributed by atoms with Gasteiger partial charge in [0.15, 0.2) is 0 Å². The fourth-order valence-corrected chi connectivity index (χ4v) is 6.00. The van der Waals surface area contributed by atoms with Gasteiger partial charge in [-0.1, -0.05) is 22.8 Å². The molecule has 2 heterocycles. The number of benzene rings is 1. The van der Waals surface area contributed by atoms with E-state index in [1.54, 1.807) is 6.92 Å². The van der Waals surface area contributed by atoms with Gasteiger partial charge in [-0.25, -0.2) is 13.1 Å². The van der Waals surface area contributed by atoms with Crippen LogP contribution in [0.15, 0.2) is 26.9 Å². The van der Waals surface area contributed by atoms with Crippen molar-refractivity contribution >= 4 is 50.4 Å². The first kappa shape index (κ1) is 23.6. The number of aryl methyl sites for hydroxylation is 3. The maximum atomic E-state index is 13.1. The van der Waals surface area contributed by atoms with E-state index in [4.69, 9.17) is 20.9 Å². The van der Waals surface area contributed by atoms with Crippen LogP contribution < -0.4 is 14.8 Å². The number of sulfonamides is 1. The van der Waals surface area contributed by atoms with E-state index in [1.165, 1.54) is 24.3 Å². The molecular weight excluding hydrogens is 486 g/mol. The minimum Gasteiger partial charge on any atom is -0.493 e. The molecule has 11 heteroatoms. The predicted molar refractivity (Wildman–Crippen MR) is 128 cm³/mol. The van der Waals surface area contributed by atoms with Gasteiger partial charge in [-0.3, -0.25) is 4.79 Å². The third kappa shape index (κ3) is 4.87. The van der Waals surface area contributed by atoms with Crippen molar-refractivity contribution in [1.29, 1.82) is 0 Å². The summed E-state index contributed by atoms with van der Waals surface area (Å²) in [7, 11) is -4.14. The Morgan fingerprint density at radius 3 is 2.64 bits per heavy atom. The van der Waals surface area contributed by atoms with E-state index >= 15 is 0 Å². The molecule has 1 aromatic carbocycles. The summed E-state index contributed by atoms with van der Waals surface area (Å²) in [6.07, 6.45) is 2.35. The average molecular weight is 510 g/mol. The van der Waals surface area contributed by atoms with Crippen molar-refractivity contribution in [1.82, 2.24) is 5.16 Å². The van der Waals surface area contributed by atoms with Crippen molar-refractivity contribution < 1.29 is 22.5 Å². The quantitative estimate of drug-likeness (QED) is 0.417. The van der Waals surface area contributed by atoms with Crippen molar-refractivity contribution in [3.63, 3.8) is 0 Å². The standard InChI is InChI=1S/C22H24ClN3O5S2/c1-11-9-12(2)19(30-10-15-5-6-15)13(3)18(11)24-21(27)20-16(7-8-32-20)33(28,29)26-22-17(23)14(4)25-31-22/h7-9,15,26H,5-6,10H2,1-4H3,(H,24,27). The van der Waals surface area contributed by atoms with E-state index in [2.05, 4.69) is 15.2 Å². The van der Waals surface area contributed by atoms with Crippen LogP contribution in [0.4, 0.5) is 11.6 Å². The molecule has 0 radical (unpaired) electrons. The van der Waals surface area contributed by atoms with Crippen LogP contribution in [0.1, 0.15) is 44.9 Å². The molecule has 0 saturated heterocycles. The summed E-state index contributed by atoms with van der Waals surface area (Å²) < 4.78 is 39.1. The summed E-state index contributed by atoms with van der Waals surface area (Å²) in [6, 6.07) is 3.31. The Bertz CT molecular complexity index is 1330. The Labute approximate surface area is 201 Å². The van der Waals surface area contributed by atoms with Crippen LogP contribution in [0.25, 0.3) is 0 Å². The van der Waals surface area contributed by atoms with E-state index in [-0.39, 0.29) is 20.7 Å². The fourth-order valence-electron chi connectivity index (χ4n) is 3.51. The highest BCUT2D eigenvalue weighted by Gasteiger charge is 2.28. The van der Waals surface area contributed by atoms with Crippen molar-refractivity contribution in [2.45, 2.75) is 45.4 Å². The molecule has 2 aromatic heterocycles. The number of amides is 1. The minimum absolute atomic E-state index is 0.0367. The molecule has 0 bridgehead atoms. The molecule has 33 heavy (non-hydrogen) atoms. The molecule has 1 aliphatic rings. The van der Waals surface area contributed by atoms with Crippen LogP contribution in [0.3, 0.4) is 0 Å². The van der Waals surface area contributed by atoms with E-state index in [0.717, 1.165) is 33.8 Å². The molecule has 0 aliphatic heterocycles. The van der Waals surface area contributed by atoms with Crippen molar-refractivity contribution in [2.75, 3.05) is 16.6 Å². The minimum atomic E-state index is -4.14. The number of hydrogen-bond acceptors (Lipinski definition) is 7. The smallest absolute Gasteiger partial charge is 0.267 e. The number of halogens is 1. The van der Waals surface area contributed by atoms with Crippen LogP contribution in [-0.2, 0) is 10.0 Å². The zero-order valence-corrected chi connectivity index (χ0v) is 21.0. The lowest BCUT2D eigenvalue weighted by Crippen LogP contribution is -2.19. The fraction of sp³-hybridized carbons (Fsp3) is 0.364. The summed E-state index contributed by atoms with van der Waals surface area (Å²) in [5.41, 5.74) is 3.62. The first-order valence-corrected chi connectivity index (χ1v) is 13.1. The monoisotopic (exact) mass is 509 g/mol. The third-order valence-electron chi connectivity index (χ3n) is 5.44. The number of carbonyl (C=O) groups excluding carboxylic acids is 1. The lowest BCUT2D eigenvalue weighted by atomic mass is 10.0. The number of aromatic nitrogens is 1. The van der Waals surface area contributed by atoms with Crippen molar-refractivity contribution in [3.8, 4) is 5.75 Å². The summed E-state index contributed by atoms with van der Waals surface area (Å²) in [4.78, 5) is 13.0. The molecule has 0 unspecified atom stereocenters. The highest BCUT2D eigenvalue weighted by atomic mass is 35.5. The number of hydrogen-bond donors (Lipinski definition) is 2. The van der Waals surface area contributed by atoms with Gasteiger partial charge in [-0.15, -0.1) is 11.3 Å². The number of nitrogens with zero attached hydrogens (tertiary/aromatic N) is 1. The molecule has 1 aliphatic carbocycles. The number of rotatable bonds is 8. The summed E-state index contributed by atoms with van der Waals surface area (Å²) in [5.74, 6) is 0.609. The number of ether oxygens (including phenoxy) is 1. The van der Waals surface area contributed by atoms with Gasteiger partial charge in [0.25, 0.3) is 21.8 Å². The van der Waals surface area contributed by atoms with Gasteiger partial charge in [0.2, 0.25) is 0 Å². The Morgan fingerprint density at radius 2 is 2.00 bits per heavy atom. The van der Waals surface area contributed by atoms with Gasteiger partial charge in [-0.2, -0.15) is 0 Å². The Morgan fingerprint density at radius 1 is 1.27 bits per heavy atom. The zero-order valence-electron chi connectivity index (χ0n) is 18.6. The first-order valence-electron chi connectivity index (χ1n) is 10.4. The van der Waals surface area contributed by atoms with Crippen molar-refractivity contribution in [2.24, 2.45) is 5.92 Å². The van der Waals surface area contributed by atoms with E-state index in [0.29, 0.717) is 23.9 Å². The summed E-state index contributed by atoms with van der Waals surface area (Å²) in [5, 5.41) is 8.12. The SMILES string of the molecule is Cc1cc(C)c(OCC2CC2)c(C)c1NC(=O)c1sccc1S(=O)(=O)Nc1onc(C)c1Cl. The van der Waals surface area contributed by atoms with Gasteiger partial charge in [0, 0.05) is 5.56 Å². The molecule has 1 amide bonds. The third-order valence-corrected chi connectivity index (χ3v) is 8.30. The molecule has 2 N–H and O–H groups in total. The number of anilines is 2. The molecule has 0 spiro atoms. The Kier molecular flexibility index (Phi) is 6.43. The van der Waals surface area contributed by atoms with Gasteiger partial charge >= 0.3 is 0 Å². The average Bonchev–Trinajstić information content (AvgIpc) is 3.34. The van der Waals surface area contributed by atoms with Gasteiger partial charge < -0.3 is 14.6 Å². The van der Waals surface area contributed by atoms with Crippen LogP contribution in [0.5, 0.6) is 5.75 Å². The van der Waals surface area contributed by atoms with E-state index in [1.807, 2.05) is 26.8 Å². The maximum absolute atomic E-state index is 13.1. The predicted octanol–water partition coefficient (Wildman–Crippen LogP) is 5.47. The number of nitrogens with one attached hydrogen (secondary N) is 2. The highest BCUT2D eigenvalue weighted by molar-refractivity contribution is 7.93. The normalized spacial score (nSPS) is 13.7. The van der Waals surface area contributed by atoms with E-state index < -0.39 is 15.9 Å². The molecule has 4 rings (SSSR count). The van der Waals surface area contributed by atoms with Crippen LogP contribution in [0, 0.1) is 33.6 Å². The van der Waals surface area contributed by atoms with E-state index in [9.17, 15) is 13.2 Å². The molecule has 176 valence electrons. The topological polar surface area (TPSA) is 111 Å². The van der Waals surface area contributed by atoms with Crippen LogP contribution >= 0.6 is 22.9 Å². The number of thiophene rings is 1. The molecular formula is C22H24ClN3O5S2. The van der Waals surface area contributed by atoms with Gasteiger partial charge in [-0.05, 0) is 69.0 Å². The molecule has 8 nitrogen and oxygen atoms in total. The second-order valence-corrected chi connectivity index (χ2v) is 11.1. The molecule has 0 atom stereocenters. The Balaban J connectivity index is 1.60. The number of carbonyl (C=O) groups is 1. The van der Waals surface area contributed by atoms with Crippen molar-refractivity contribution in [3.05, 3.63) is 49.8 Å². The maximum Gasteiger partial charge on any atom is 0.267 e. The largest absolute Gasteiger partial charge is 0.493 e. The summed E-state index contributed by atoms with van der Waals surface area (Å²) >= 11 is 7.05. The zero-order chi connectivity index (χ0) is 23.9. The highest BCUT2D eigenvalue weighted by Crippen LogP contribution is 2.36. The lowest BCUT2D eigenvalue weighted by Gasteiger charge is -2.18. The van der Waals surface area contributed by atoms with Gasteiger partial charge in [0.1, 0.15) is 26.2 Å². The van der Waals surface area contributed by atoms with Crippen LogP contribution in [-0.4, -0.2) is 26.1 Å². The summed E-state index contributed by atoms with van der Waals surface area (Å²) in [6.45, 7) is 7.99. The Hall–Kier alpha value is -2.56. The second kappa shape index (κ2) is 9.00.